The van der Waals surface area contributed by atoms with Crippen LogP contribution in [0.5, 0.6) is 0 Å². The molecule has 0 saturated carbocycles. The Balaban J connectivity index is 1.93. The van der Waals surface area contributed by atoms with E-state index in [1.54, 1.807) is 0 Å². The van der Waals surface area contributed by atoms with Crippen LogP contribution in [0.2, 0.25) is 0 Å². The predicted molar refractivity (Wildman–Crippen MR) is 73.4 cm³/mol. The lowest BCUT2D eigenvalue weighted by atomic mass is 9.77. The van der Waals surface area contributed by atoms with Gasteiger partial charge in [0.1, 0.15) is 0 Å². The van der Waals surface area contributed by atoms with Crippen molar-refractivity contribution in [2.24, 2.45) is 0 Å². The number of hydrogen-bond acceptors (Lipinski definition) is 4. The monoisotopic (exact) mass is 307 g/mol. The molecule has 1 atom stereocenters. The van der Waals surface area contributed by atoms with E-state index in [1.807, 2.05) is 24.3 Å². The molecular weight excluding hydrogens is 294 g/mol. The Morgan fingerprint density at radius 3 is 2.62 bits per heavy atom. The van der Waals surface area contributed by atoms with Crippen molar-refractivity contribution in [3.8, 4) is 0 Å². The summed E-state index contributed by atoms with van der Waals surface area (Å²) in [6.45, 7) is 1.10. The Hall–Kier alpha value is -1.59. The van der Waals surface area contributed by atoms with Gasteiger partial charge in [-0.05, 0) is 36.4 Å². The van der Waals surface area contributed by atoms with Crippen molar-refractivity contribution in [2.75, 3.05) is 13.2 Å². The van der Waals surface area contributed by atoms with Crippen LogP contribution in [0.15, 0.2) is 24.3 Å². The summed E-state index contributed by atoms with van der Waals surface area (Å²) in [5.74, 6) is -1.53. The van der Waals surface area contributed by atoms with Crippen LogP contribution in [-0.4, -0.2) is 35.5 Å². The molecule has 2 fully saturated rings. The number of alkyl halides is 1. The van der Waals surface area contributed by atoms with E-state index in [9.17, 15) is 9.59 Å². The number of carbonyl (C=O) groups is 2. The second-order valence-electron chi connectivity index (χ2n) is 5.76. The van der Waals surface area contributed by atoms with E-state index in [0.717, 1.165) is 5.56 Å². The minimum Gasteiger partial charge on any atom is -0.412 e. The molecule has 4 rings (SSSR count). The summed E-state index contributed by atoms with van der Waals surface area (Å²) < 4.78 is 10.7. The summed E-state index contributed by atoms with van der Waals surface area (Å²) in [6.07, 6.45) is 1.97. The van der Waals surface area contributed by atoms with E-state index >= 15 is 0 Å². The first-order valence-corrected chi connectivity index (χ1v) is 7.37. The average Bonchev–Trinajstić information content (AvgIpc) is 2.72. The molecule has 5 nitrogen and oxygen atoms in total. The van der Waals surface area contributed by atoms with E-state index in [-0.39, 0.29) is 0 Å². The lowest BCUT2D eigenvalue weighted by molar-refractivity contribution is -0.151. The van der Waals surface area contributed by atoms with Gasteiger partial charge in [-0.25, -0.2) is 4.79 Å². The maximum absolute atomic E-state index is 12.4. The van der Waals surface area contributed by atoms with Gasteiger partial charge in [0.15, 0.2) is 0 Å². The SMILES string of the molecule is O=C1OC2(Cl)c3ccccc3CC3(CCOCC3)N2C1=O. The topological polar surface area (TPSA) is 55.8 Å². The third-order valence-corrected chi connectivity index (χ3v) is 5.11. The van der Waals surface area contributed by atoms with Gasteiger partial charge < -0.3 is 9.47 Å². The van der Waals surface area contributed by atoms with Gasteiger partial charge in [-0.1, -0.05) is 24.3 Å². The van der Waals surface area contributed by atoms with Gasteiger partial charge >= 0.3 is 11.9 Å². The van der Waals surface area contributed by atoms with Crippen LogP contribution >= 0.6 is 11.6 Å². The number of benzene rings is 1. The Labute approximate surface area is 126 Å². The number of nitrogens with zero attached hydrogens (tertiary/aromatic N) is 1. The van der Waals surface area contributed by atoms with Crippen molar-refractivity contribution in [2.45, 2.75) is 30.0 Å². The maximum Gasteiger partial charge on any atom is 0.400 e. The highest BCUT2D eigenvalue weighted by molar-refractivity contribution is 6.39. The van der Waals surface area contributed by atoms with Crippen LogP contribution in [0.4, 0.5) is 0 Å². The zero-order chi connectivity index (χ0) is 14.7. The predicted octanol–water partition coefficient (Wildman–Crippen LogP) is 1.53. The van der Waals surface area contributed by atoms with E-state index in [2.05, 4.69) is 0 Å². The molecule has 0 aromatic heterocycles. The molecule has 3 aliphatic heterocycles. The summed E-state index contributed by atoms with van der Waals surface area (Å²) in [5, 5.41) is -1.51. The molecule has 6 heteroatoms. The number of rotatable bonds is 0. The quantitative estimate of drug-likeness (QED) is 0.316. The lowest BCUT2D eigenvalue weighted by Crippen LogP contribution is -2.62. The van der Waals surface area contributed by atoms with E-state index in [1.165, 1.54) is 4.90 Å². The molecule has 0 N–H and O–H groups in total. The van der Waals surface area contributed by atoms with Crippen LogP contribution in [0.1, 0.15) is 24.0 Å². The standard InChI is InChI=1S/C15H14ClNO4/c16-15-11-4-2-1-3-10(11)9-14(5-7-20-8-6-14)17(15)12(18)13(19)21-15/h1-4H,5-9H2. The second-order valence-corrected chi connectivity index (χ2v) is 6.27. The zero-order valence-electron chi connectivity index (χ0n) is 11.3. The first-order chi connectivity index (χ1) is 10.1. The van der Waals surface area contributed by atoms with Crippen molar-refractivity contribution in [1.29, 1.82) is 0 Å². The number of hydrogen-bond donors (Lipinski definition) is 0. The van der Waals surface area contributed by atoms with Crippen molar-refractivity contribution < 1.29 is 19.1 Å². The Kier molecular flexibility index (Phi) is 2.63. The summed E-state index contributed by atoms with van der Waals surface area (Å²) in [4.78, 5) is 25.7. The summed E-state index contributed by atoms with van der Waals surface area (Å²) >= 11 is 6.64. The van der Waals surface area contributed by atoms with Gasteiger partial charge in [-0.3, -0.25) is 9.69 Å². The van der Waals surface area contributed by atoms with Gasteiger partial charge in [0.25, 0.3) is 5.18 Å². The zero-order valence-corrected chi connectivity index (χ0v) is 12.1. The van der Waals surface area contributed by atoms with Crippen LogP contribution in [0.25, 0.3) is 0 Å². The number of halogens is 1. The Morgan fingerprint density at radius 2 is 1.86 bits per heavy atom. The molecule has 3 aliphatic rings. The van der Waals surface area contributed by atoms with Crippen molar-refractivity contribution in [3.63, 3.8) is 0 Å². The van der Waals surface area contributed by atoms with E-state index in [4.69, 9.17) is 21.1 Å². The minimum absolute atomic E-state index is 0.502. The average molecular weight is 308 g/mol. The molecular formula is C15H14ClNO4. The fraction of sp³-hybridized carbons (Fsp3) is 0.467. The fourth-order valence-corrected chi connectivity index (χ4v) is 4.20. The molecule has 2 saturated heterocycles. The highest BCUT2D eigenvalue weighted by Gasteiger charge is 2.64. The Morgan fingerprint density at radius 1 is 1.14 bits per heavy atom. The normalized spacial score (nSPS) is 30.0. The number of esters is 1. The first kappa shape index (κ1) is 13.1. The van der Waals surface area contributed by atoms with Gasteiger partial charge in [-0.2, -0.15) is 0 Å². The third-order valence-electron chi connectivity index (χ3n) is 4.66. The van der Waals surface area contributed by atoms with Crippen molar-refractivity contribution >= 4 is 23.5 Å². The number of fused-ring (bicyclic) bond motifs is 4. The molecule has 1 aromatic carbocycles. The molecule has 1 unspecified atom stereocenters. The van der Waals surface area contributed by atoms with E-state index in [0.29, 0.717) is 38.0 Å². The van der Waals surface area contributed by atoms with Crippen LogP contribution in [-0.2, 0) is 30.7 Å². The molecule has 0 aliphatic carbocycles. The molecule has 110 valence electrons. The largest absolute Gasteiger partial charge is 0.412 e. The maximum atomic E-state index is 12.4. The van der Waals surface area contributed by atoms with Crippen molar-refractivity contribution in [3.05, 3.63) is 35.4 Å². The molecule has 0 bridgehead atoms. The molecule has 1 aromatic rings. The van der Waals surface area contributed by atoms with Crippen LogP contribution < -0.4 is 0 Å². The third kappa shape index (κ3) is 1.61. The Bertz CT molecular complexity index is 640. The molecule has 3 heterocycles. The molecule has 21 heavy (non-hydrogen) atoms. The summed E-state index contributed by atoms with van der Waals surface area (Å²) in [5.41, 5.74) is 1.20. The van der Waals surface area contributed by atoms with Gasteiger partial charge in [-0.15, -0.1) is 0 Å². The van der Waals surface area contributed by atoms with Gasteiger partial charge in [0.05, 0.1) is 5.54 Å². The first-order valence-electron chi connectivity index (χ1n) is 7.00. The van der Waals surface area contributed by atoms with E-state index < -0.39 is 22.6 Å². The van der Waals surface area contributed by atoms with Crippen LogP contribution in [0.3, 0.4) is 0 Å². The highest BCUT2D eigenvalue weighted by atomic mass is 35.5. The van der Waals surface area contributed by atoms with Crippen molar-refractivity contribution in [1.82, 2.24) is 4.90 Å². The number of carbonyl (C=O) groups excluding carboxylic acids is 2. The molecule has 0 radical (unpaired) electrons. The second kappa shape index (κ2) is 4.21. The fourth-order valence-electron chi connectivity index (χ4n) is 3.69. The molecule has 1 amide bonds. The summed E-state index contributed by atoms with van der Waals surface area (Å²) in [7, 11) is 0. The van der Waals surface area contributed by atoms with Crippen LogP contribution in [0, 0.1) is 0 Å². The summed E-state index contributed by atoms with van der Waals surface area (Å²) in [6, 6.07) is 7.55. The smallest absolute Gasteiger partial charge is 0.400 e. The highest BCUT2D eigenvalue weighted by Crippen LogP contribution is 2.52. The number of amides is 1. The molecule has 1 spiro atoms. The lowest BCUT2D eigenvalue weighted by Gasteiger charge is -2.51. The van der Waals surface area contributed by atoms with Gasteiger partial charge in [0.2, 0.25) is 0 Å². The number of ether oxygens (including phenoxy) is 2. The van der Waals surface area contributed by atoms with Gasteiger partial charge in [0, 0.05) is 18.8 Å². The minimum atomic E-state index is -1.51.